The quantitative estimate of drug-likeness (QED) is 0.263. The second-order valence-corrected chi connectivity index (χ2v) is 7.43. The summed E-state index contributed by atoms with van der Waals surface area (Å²) in [6.07, 6.45) is 0.702. The van der Waals surface area contributed by atoms with Crippen LogP contribution in [-0.4, -0.2) is 32.1 Å². The van der Waals surface area contributed by atoms with Crippen LogP contribution in [0.2, 0.25) is 0 Å². The van der Waals surface area contributed by atoms with Crippen LogP contribution in [0.5, 0.6) is 11.5 Å². The highest BCUT2D eigenvalue weighted by Gasteiger charge is 2.13. The summed E-state index contributed by atoms with van der Waals surface area (Å²) in [4.78, 5) is 25.5. The van der Waals surface area contributed by atoms with Gasteiger partial charge in [0.15, 0.2) is 0 Å². The topological polar surface area (TPSA) is 107 Å². The second kappa shape index (κ2) is 10.4. The van der Waals surface area contributed by atoms with E-state index in [1.807, 2.05) is 25.1 Å². The molecule has 3 N–H and O–H groups in total. The van der Waals surface area contributed by atoms with E-state index in [2.05, 4.69) is 5.32 Å². The summed E-state index contributed by atoms with van der Waals surface area (Å²) in [6.45, 7) is 3.02. The number of para-hydroxylation sites is 2. The molecule has 8 nitrogen and oxygen atoms in total. The Kier molecular flexibility index (Phi) is 6.98. The maximum Gasteiger partial charge on any atom is 0.255 e. The maximum absolute atomic E-state index is 12.4. The summed E-state index contributed by atoms with van der Waals surface area (Å²) in [7, 11) is 0. The Morgan fingerprint density at radius 1 is 1.03 bits per heavy atom. The number of hydrogen-bond donors (Lipinski definition) is 2. The van der Waals surface area contributed by atoms with Gasteiger partial charge in [-0.05, 0) is 61.5 Å². The molecule has 4 aromatic rings. The van der Waals surface area contributed by atoms with Gasteiger partial charge in [0.2, 0.25) is 12.3 Å². The van der Waals surface area contributed by atoms with Gasteiger partial charge in [-0.2, -0.15) is 0 Å². The Hall–Kier alpha value is -4.46. The summed E-state index contributed by atoms with van der Waals surface area (Å²) in [5.74, 6) is 1.48. The molecule has 2 amide bonds. The first-order chi connectivity index (χ1) is 16.6. The van der Waals surface area contributed by atoms with Gasteiger partial charge in [-0.3, -0.25) is 14.5 Å². The summed E-state index contributed by atoms with van der Waals surface area (Å²) in [5, 5.41) is 3.63. The SMILES string of the molecule is CCOc1ccc2oc(N(C=O)CCOc3ccc(C(=O)Nc4ccccc4N)cc3)cc2c1. The lowest BCUT2D eigenvalue weighted by molar-refractivity contribution is -0.107. The lowest BCUT2D eigenvalue weighted by Crippen LogP contribution is -2.26. The third-order valence-corrected chi connectivity index (χ3v) is 5.12. The second-order valence-electron chi connectivity index (χ2n) is 7.43. The van der Waals surface area contributed by atoms with Crippen molar-refractivity contribution in [2.24, 2.45) is 0 Å². The Balaban J connectivity index is 1.33. The number of rotatable bonds is 10. The van der Waals surface area contributed by atoms with Crippen LogP contribution in [0.15, 0.2) is 77.2 Å². The molecule has 0 spiro atoms. The zero-order chi connectivity index (χ0) is 23.9. The molecule has 0 aliphatic carbocycles. The molecular weight excluding hydrogens is 434 g/mol. The zero-order valence-electron chi connectivity index (χ0n) is 18.7. The fraction of sp³-hybridized carbons (Fsp3) is 0.154. The lowest BCUT2D eigenvalue weighted by Gasteiger charge is -2.14. The molecule has 0 radical (unpaired) electrons. The van der Waals surface area contributed by atoms with Gasteiger partial charge < -0.3 is 24.9 Å². The average Bonchev–Trinajstić information content (AvgIpc) is 3.27. The van der Waals surface area contributed by atoms with Crippen LogP contribution in [0.1, 0.15) is 17.3 Å². The number of furan rings is 1. The molecule has 0 aliphatic heterocycles. The highest BCUT2D eigenvalue weighted by Crippen LogP contribution is 2.28. The number of carbonyl (C=O) groups is 2. The van der Waals surface area contributed by atoms with Gasteiger partial charge in [0.1, 0.15) is 23.7 Å². The van der Waals surface area contributed by atoms with E-state index < -0.39 is 0 Å². The van der Waals surface area contributed by atoms with Crippen molar-refractivity contribution in [1.82, 2.24) is 0 Å². The Morgan fingerprint density at radius 3 is 2.53 bits per heavy atom. The van der Waals surface area contributed by atoms with E-state index in [0.29, 0.717) is 47.2 Å². The normalized spacial score (nSPS) is 10.6. The van der Waals surface area contributed by atoms with E-state index in [1.54, 1.807) is 54.6 Å². The number of amides is 2. The number of hydrogen-bond acceptors (Lipinski definition) is 6. The Morgan fingerprint density at radius 2 is 1.79 bits per heavy atom. The van der Waals surface area contributed by atoms with Gasteiger partial charge in [0.05, 0.1) is 24.5 Å². The minimum atomic E-state index is -0.269. The largest absolute Gasteiger partial charge is 0.494 e. The highest BCUT2D eigenvalue weighted by atomic mass is 16.5. The van der Waals surface area contributed by atoms with Crippen molar-refractivity contribution in [3.8, 4) is 11.5 Å². The smallest absolute Gasteiger partial charge is 0.255 e. The minimum absolute atomic E-state index is 0.242. The van der Waals surface area contributed by atoms with E-state index in [4.69, 9.17) is 19.6 Å². The van der Waals surface area contributed by atoms with E-state index in [1.165, 1.54) is 4.90 Å². The van der Waals surface area contributed by atoms with Gasteiger partial charge in [0.25, 0.3) is 5.91 Å². The van der Waals surface area contributed by atoms with Crippen molar-refractivity contribution in [2.75, 3.05) is 35.7 Å². The van der Waals surface area contributed by atoms with Crippen molar-refractivity contribution in [2.45, 2.75) is 6.92 Å². The molecule has 0 atom stereocenters. The minimum Gasteiger partial charge on any atom is -0.494 e. The van der Waals surface area contributed by atoms with Crippen molar-refractivity contribution >= 4 is 40.5 Å². The van der Waals surface area contributed by atoms with Gasteiger partial charge in [0, 0.05) is 17.0 Å². The summed E-state index contributed by atoms with van der Waals surface area (Å²) < 4.78 is 17.0. The molecule has 0 fully saturated rings. The third kappa shape index (κ3) is 5.29. The number of fused-ring (bicyclic) bond motifs is 1. The first-order valence-electron chi connectivity index (χ1n) is 10.8. The molecule has 0 saturated heterocycles. The first-order valence-corrected chi connectivity index (χ1v) is 10.8. The molecule has 1 aromatic heterocycles. The predicted octanol–water partition coefficient (Wildman–Crippen LogP) is 4.71. The predicted molar refractivity (Wildman–Crippen MR) is 132 cm³/mol. The van der Waals surface area contributed by atoms with Crippen LogP contribution in [-0.2, 0) is 4.79 Å². The molecule has 4 rings (SSSR count). The molecule has 0 aliphatic rings. The highest BCUT2D eigenvalue weighted by molar-refractivity contribution is 6.05. The van der Waals surface area contributed by atoms with Crippen molar-refractivity contribution in [3.63, 3.8) is 0 Å². The van der Waals surface area contributed by atoms with Crippen molar-refractivity contribution < 1.29 is 23.5 Å². The summed E-state index contributed by atoms with van der Waals surface area (Å²) in [5.41, 5.74) is 8.06. The zero-order valence-corrected chi connectivity index (χ0v) is 18.7. The molecule has 0 bridgehead atoms. The van der Waals surface area contributed by atoms with Crippen LogP contribution in [0.4, 0.5) is 17.3 Å². The van der Waals surface area contributed by atoms with Gasteiger partial charge >= 0.3 is 0 Å². The monoisotopic (exact) mass is 459 g/mol. The molecule has 0 unspecified atom stereocenters. The number of anilines is 3. The Labute approximate surface area is 196 Å². The average molecular weight is 460 g/mol. The van der Waals surface area contributed by atoms with E-state index in [9.17, 15) is 9.59 Å². The van der Waals surface area contributed by atoms with Gasteiger partial charge in [-0.15, -0.1) is 0 Å². The van der Waals surface area contributed by atoms with Crippen molar-refractivity contribution in [3.05, 3.63) is 78.4 Å². The molecule has 1 heterocycles. The van der Waals surface area contributed by atoms with Crippen LogP contribution in [0.3, 0.4) is 0 Å². The van der Waals surface area contributed by atoms with Crippen LogP contribution in [0.25, 0.3) is 11.0 Å². The van der Waals surface area contributed by atoms with Gasteiger partial charge in [-0.1, -0.05) is 12.1 Å². The molecular formula is C26H25N3O5. The number of benzene rings is 3. The molecule has 3 aromatic carbocycles. The molecule has 8 heteroatoms. The van der Waals surface area contributed by atoms with Crippen LogP contribution in [0, 0.1) is 0 Å². The Bertz CT molecular complexity index is 1280. The lowest BCUT2D eigenvalue weighted by atomic mass is 10.2. The maximum atomic E-state index is 12.4. The van der Waals surface area contributed by atoms with Gasteiger partial charge in [-0.25, -0.2) is 0 Å². The van der Waals surface area contributed by atoms with Crippen LogP contribution >= 0.6 is 0 Å². The first kappa shape index (κ1) is 22.7. The standard InChI is InChI=1S/C26H25N3O5/c1-2-32-21-11-12-24-19(15-21)16-25(34-24)29(17-30)13-14-33-20-9-7-18(8-10-20)26(31)28-23-6-4-3-5-22(23)27/h3-12,15-17H,2,13-14,27H2,1H3,(H,28,31). The number of nitrogen functional groups attached to an aromatic ring is 1. The summed E-state index contributed by atoms with van der Waals surface area (Å²) in [6, 6.07) is 21.1. The molecule has 174 valence electrons. The van der Waals surface area contributed by atoms with Crippen LogP contribution < -0.4 is 25.4 Å². The number of carbonyl (C=O) groups excluding carboxylic acids is 2. The third-order valence-electron chi connectivity index (χ3n) is 5.12. The molecule has 34 heavy (non-hydrogen) atoms. The number of nitrogens with one attached hydrogen (secondary N) is 1. The van der Waals surface area contributed by atoms with E-state index >= 15 is 0 Å². The van der Waals surface area contributed by atoms with E-state index in [0.717, 1.165) is 11.1 Å². The van der Waals surface area contributed by atoms with E-state index in [-0.39, 0.29) is 19.1 Å². The summed E-state index contributed by atoms with van der Waals surface area (Å²) >= 11 is 0. The number of nitrogens with two attached hydrogens (primary N) is 1. The molecule has 0 saturated carbocycles. The fourth-order valence-corrected chi connectivity index (χ4v) is 3.39. The van der Waals surface area contributed by atoms with Crippen molar-refractivity contribution in [1.29, 1.82) is 0 Å². The number of ether oxygens (including phenoxy) is 2. The number of nitrogens with zero attached hydrogens (tertiary/aromatic N) is 1. The fourth-order valence-electron chi connectivity index (χ4n) is 3.39.